The molecular weight excluding hydrogens is 682 g/mol. The molecular formula is C22H24ClFN4NoO3. The zero-order valence-corrected chi connectivity index (χ0v) is 20.5. The summed E-state index contributed by atoms with van der Waals surface area (Å²) >= 11 is 5.90. The first-order valence-electron chi connectivity index (χ1n) is 10.1. The third-order valence-corrected chi connectivity index (χ3v) is 5.37. The Hall–Kier alpha value is -3.68. The Morgan fingerprint density at radius 3 is 2.72 bits per heavy atom. The summed E-state index contributed by atoms with van der Waals surface area (Å²) < 4.78 is 30.4. The molecule has 0 unspecified atom stereocenters. The number of morpholine rings is 1. The van der Waals surface area contributed by atoms with Crippen LogP contribution in [0, 0.1) is 5.82 Å². The maximum absolute atomic E-state index is 13.5. The van der Waals surface area contributed by atoms with Gasteiger partial charge in [0.2, 0.25) is 0 Å². The molecule has 0 amide bonds. The summed E-state index contributed by atoms with van der Waals surface area (Å²) in [6, 6.07) is 8.09. The van der Waals surface area contributed by atoms with Gasteiger partial charge in [-0.05, 0) is 30.7 Å². The minimum atomic E-state index is -0.475. The first-order chi connectivity index (χ1) is 15.1. The Labute approximate surface area is 185 Å². The number of hydrogen-bond donors (Lipinski definition) is 1. The van der Waals surface area contributed by atoms with E-state index in [2.05, 4.69) is 20.2 Å². The minimum absolute atomic E-state index is 0. The number of hydrogen-bond acceptors (Lipinski definition) is 7. The second-order valence-electron chi connectivity index (χ2n) is 7.15. The number of rotatable bonds is 8. The van der Waals surface area contributed by atoms with Crippen LogP contribution in [-0.4, -0.2) is 61.4 Å². The second kappa shape index (κ2) is 10.6. The third-order valence-electron chi connectivity index (χ3n) is 5.08. The van der Waals surface area contributed by atoms with E-state index in [0.29, 0.717) is 35.1 Å². The van der Waals surface area contributed by atoms with E-state index >= 15 is 0 Å². The van der Waals surface area contributed by atoms with E-state index in [9.17, 15) is 4.39 Å². The van der Waals surface area contributed by atoms with Crippen LogP contribution in [0.4, 0.5) is 15.9 Å². The molecule has 178 valence electrons. The molecule has 4 rings (SSSR count). The zero-order chi connectivity index (χ0) is 21.6. The number of anilines is 2. The molecule has 0 radical (unpaired) electrons. The molecule has 1 aliphatic rings. The molecule has 1 aliphatic heterocycles. The van der Waals surface area contributed by atoms with Gasteiger partial charge in [-0.25, -0.2) is 14.4 Å². The van der Waals surface area contributed by atoms with E-state index in [1.807, 2.05) is 12.1 Å². The molecule has 1 N–H and O–H groups in total. The fourth-order valence-corrected chi connectivity index (χ4v) is 3.62. The molecule has 0 aliphatic carbocycles. The van der Waals surface area contributed by atoms with Crippen LogP contribution in [0.2, 0.25) is 5.02 Å². The molecule has 1 fully saturated rings. The van der Waals surface area contributed by atoms with Gasteiger partial charge in [-0.15, -0.1) is 0 Å². The number of halogens is 2. The number of ether oxygens (including phenoxy) is 3. The van der Waals surface area contributed by atoms with Crippen molar-refractivity contribution in [2.24, 2.45) is 0 Å². The van der Waals surface area contributed by atoms with Crippen LogP contribution in [-0.2, 0) is 4.74 Å². The van der Waals surface area contributed by atoms with Crippen molar-refractivity contribution in [3.05, 3.63) is 47.5 Å². The van der Waals surface area contributed by atoms with Crippen LogP contribution >= 0.6 is 11.6 Å². The van der Waals surface area contributed by atoms with Crippen molar-refractivity contribution >= 4 is 34.0 Å². The van der Waals surface area contributed by atoms with Crippen LogP contribution in [0.1, 0.15) is 6.42 Å². The van der Waals surface area contributed by atoms with E-state index < -0.39 is 5.82 Å². The van der Waals surface area contributed by atoms with Gasteiger partial charge >= 0.3 is 0 Å². The van der Waals surface area contributed by atoms with Crippen molar-refractivity contribution in [3.8, 4) is 11.5 Å². The summed E-state index contributed by atoms with van der Waals surface area (Å²) in [6.45, 7) is 5.00. The summed E-state index contributed by atoms with van der Waals surface area (Å²) in [5.74, 6) is 1.31. The third kappa shape index (κ3) is 5.32. The SMILES string of the molecule is COc1cc2ncnc(Nc3ccc(F)c(Cl)c3)c2cc1OCCCN1CCOCC1.[No]. The van der Waals surface area contributed by atoms with Gasteiger partial charge in [0.05, 0.1) is 37.5 Å². The van der Waals surface area contributed by atoms with Crippen molar-refractivity contribution in [1.82, 2.24) is 14.9 Å². The largest absolute Gasteiger partial charge is 0.493 e. The van der Waals surface area contributed by atoms with E-state index in [1.165, 1.54) is 18.5 Å². The van der Waals surface area contributed by atoms with Gasteiger partial charge in [0.25, 0.3) is 0 Å². The number of nitrogens with zero attached hydrogens (tertiary/aromatic N) is 3. The molecule has 0 bridgehead atoms. The molecule has 10 heteroatoms. The number of aromatic nitrogens is 2. The van der Waals surface area contributed by atoms with Gasteiger partial charge in [0, 0.05) is 36.8 Å². The van der Waals surface area contributed by atoms with Gasteiger partial charge < -0.3 is 19.5 Å². The number of methoxy groups -OCH3 is 1. The normalized spacial score (nSPS) is 14.1. The monoisotopic (exact) mass is 705 g/mol. The first-order valence-corrected chi connectivity index (χ1v) is 10.5. The average Bonchev–Trinajstić information content (AvgIpc) is 2.79. The Kier molecular flexibility index (Phi) is 7.59. The fourth-order valence-electron chi connectivity index (χ4n) is 3.44. The fraction of sp³-hybridized carbons (Fsp3) is 0.364. The molecule has 2 heterocycles. The van der Waals surface area contributed by atoms with Crippen LogP contribution in [0.3, 0.4) is 0 Å². The molecule has 32 heavy (non-hydrogen) atoms. The van der Waals surface area contributed by atoms with Crippen molar-refractivity contribution in [3.63, 3.8) is 0 Å². The Morgan fingerprint density at radius 2 is 1.97 bits per heavy atom. The number of benzene rings is 2. The molecule has 0 saturated carbocycles. The van der Waals surface area contributed by atoms with Crippen LogP contribution in [0.5, 0.6) is 11.5 Å². The Bertz CT molecular complexity index is 1050. The van der Waals surface area contributed by atoms with Crippen LogP contribution in [0.25, 0.3) is 10.9 Å². The molecule has 2 aromatic carbocycles. The quantitative estimate of drug-likeness (QED) is 0.352. The Balaban J connectivity index is 0.00000289. The molecule has 0 atom stereocenters. The predicted molar refractivity (Wildman–Crippen MR) is 118 cm³/mol. The average molecular weight is 706 g/mol. The maximum Gasteiger partial charge on any atom is 0.162 e. The van der Waals surface area contributed by atoms with Crippen LogP contribution in [0.15, 0.2) is 36.7 Å². The minimum Gasteiger partial charge on any atom is -0.493 e. The maximum atomic E-state index is 13.5. The summed E-state index contributed by atoms with van der Waals surface area (Å²) in [7, 11) is 1.60. The van der Waals surface area contributed by atoms with Gasteiger partial charge in [0.1, 0.15) is 18.0 Å². The molecule has 1 saturated heterocycles. The van der Waals surface area contributed by atoms with E-state index in [-0.39, 0.29) is 5.02 Å². The summed E-state index contributed by atoms with van der Waals surface area (Å²) in [5.41, 5.74) is 1.32. The molecule has 3 aromatic rings. The van der Waals surface area contributed by atoms with E-state index in [0.717, 1.165) is 44.7 Å². The molecule has 0 spiro atoms. The summed E-state index contributed by atoms with van der Waals surface area (Å²) in [4.78, 5) is 11.0. The van der Waals surface area contributed by atoms with Gasteiger partial charge in [-0.1, -0.05) is 11.6 Å². The van der Waals surface area contributed by atoms with Crippen molar-refractivity contribution in [1.29, 1.82) is 0 Å². The van der Waals surface area contributed by atoms with Gasteiger partial charge in [-0.2, -0.15) is 0 Å². The molecule has 7 nitrogen and oxygen atoms in total. The van der Waals surface area contributed by atoms with Crippen molar-refractivity contribution in [2.45, 2.75) is 6.42 Å². The topological polar surface area (TPSA) is 68.7 Å². The summed E-state index contributed by atoms with van der Waals surface area (Å²) in [5, 5.41) is 3.97. The predicted octanol–water partition coefficient (Wildman–Crippen LogP) is 4.28. The van der Waals surface area contributed by atoms with Gasteiger partial charge in [-0.3, -0.25) is 4.90 Å². The smallest absolute Gasteiger partial charge is 0.162 e. The molecule has 1 aromatic heterocycles. The standard InChI is InChI=1S/C22H24ClFN4O3.No/c1-29-20-13-19-16(12-21(20)31-8-2-5-28-6-9-30-10-7-28)22(26-14-25-19)27-15-3-4-18(24)17(23)11-15;/h3-4,11-14H,2,5-10H2,1H3,(H,25,26,27);. The van der Waals surface area contributed by atoms with Crippen molar-refractivity contribution in [2.75, 3.05) is 51.9 Å². The summed E-state index contributed by atoms with van der Waals surface area (Å²) in [6.07, 6.45) is 2.35. The number of fused-ring (bicyclic) bond motifs is 1. The van der Waals surface area contributed by atoms with Crippen LogP contribution < -0.4 is 14.8 Å². The van der Waals surface area contributed by atoms with E-state index in [1.54, 1.807) is 13.2 Å². The zero-order valence-electron chi connectivity index (χ0n) is 17.5. The second-order valence-corrected chi connectivity index (χ2v) is 7.56. The first kappa shape index (κ1) is 23.0. The van der Waals surface area contributed by atoms with Gasteiger partial charge in [0.15, 0.2) is 11.5 Å². The van der Waals surface area contributed by atoms with Crippen molar-refractivity contribution < 1.29 is 18.6 Å². The van der Waals surface area contributed by atoms with E-state index in [4.69, 9.17) is 25.8 Å². The Morgan fingerprint density at radius 1 is 1.16 bits per heavy atom. The number of nitrogens with one attached hydrogen (secondary N) is 1.